The first-order valence-corrected chi connectivity index (χ1v) is 8.83. The lowest BCUT2D eigenvalue weighted by Gasteiger charge is -2.10. The summed E-state index contributed by atoms with van der Waals surface area (Å²) in [4.78, 5) is 1.04. The van der Waals surface area contributed by atoms with Gasteiger partial charge in [0.1, 0.15) is 0 Å². The average Bonchev–Trinajstić information content (AvgIpc) is 2.74. The third-order valence-corrected chi connectivity index (χ3v) is 4.34. The fraction of sp³-hybridized carbons (Fsp3) is 0.167. The summed E-state index contributed by atoms with van der Waals surface area (Å²) >= 11 is 7.61. The SMILES string of the molecule is CS(=O)(=O)Nc1ccc(NCc2sccc2N)cc1Cl. The molecular weight excluding hydrogens is 318 g/mol. The van der Waals surface area contributed by atoms with E-state index in [2.05, 4.69) is 10.0 Å². The number of nitrogens with two attached hydrogens (primary N) is 1. The van der Waals surface area contributed by atoms with Crippen LogP contribution >= 0.6 is 22.9 Å². The topological polar surface area (TPSA) is 84.2 Å². The molecule has 108 valence electrons. The molecule has 0 unspecified atom stereocenters. The third kappa shape index (κ3) is 4.03. The Labute approximate surface area is 126 Å². The van der Waals surface area contributed by atoms with Crippen LogP contribution in [0.2, 0.25) is 5.02 Å². The smallest absolute Gasteiger partial charge is 0.229 e. The number of hydrogen-bond donors (Lipinski definition) is 3. The second-order valence-corrected chi connectivity index (χ2v) is 7.38. The predicted octanol–water partition coefficient (Wildman–Crippen LogP) is 2.97. The number of halogens is 1. The molecule has 0 amide bonds. The van der Waals surface area contributed by atoms with Gasteiger partial charge in [-0.25, -0.2) is 8.42 Å². The van der Waals surface area contributed by atoms with Gasteiger partial charge in [0.15, 0.2) is 0 Å². The van der Waals surface area contributed by atoms with Crippen LogP contribution in [-0.4, -0.2) is 14.7 Å². The molecule has 20 heavy (non-hydrogen) atoms. The van der Waals surface area contributed by atoms with Gasteiger partial charge in [-0.05, 0) is 29.6 Å². The van der Waals surface area contributed by atoms with E-state index in [1.807, 2.05) is 11.4 Å². The predicted molar refractivity (Wildman–Crippen MR) is 86.0 cm³/mol. The lowest BCUT2D eigenvalue weighted by atomic mass is 10.3. The lowest BCUT2D eigenvalue weighted by Crippen LogP contribution is -2.10. The molecule has 0 aliphatic carbocycles. The van der Waals surface area contributed by atoms with Crippen LogP contribution < -0.4 is 15.8 Å². The summed E-state index contributed by atoms with van der Waals surface area (Å²) in [5, 5.41) is 5.45. The first-order valence-electron chi connectivity index (χ1n) is 5.68. The maximum atomic E-state index is 11.2. The number of benzene rings is 1. The number of anilines is 3. The van der Waals surface area contributed by atoms with Gasteiger partial charge < -0.3 is 11.1 Å². The molecule has 1 aromatic heterocycles. The summed E-state index contributed by atoms with van der Waals surface area (Å²) in [5.74, 6) is 0. The van der Waals surface area contributed by atoms with Crippen LogP contribution in [0, 0.1) is 0 Å². The normalized spacial score (nSPS) is 11.3. The highest BCUT2D eigenvalue weighted by molar-refractivity contribution is 7.92. The molecule has 8 heteroatoms. The Morgan fingerprint density at radius 3 is 2.65 bits per heavy atom. The summed E-state index contributed by atoms with van der Waals surface area (Å²) in [5.41, 5.74) is 7.70. The standard InChI is InChI=1S/C12H14ClN3O2S2/c1-20(17,18)16-11-3-2-8(6-9(11)13)15-7-12-10(14)4-5-19-12/h2-6,15-16H,7,14H2,1H3. The molecule has 0 aliphatic rings. The fourth-order valence-corrected chi connectivity index (χ4v) is 3.18. The van der Waals surface area contributed by atoms with Crippen LogP contribution in [-0.2, 0) is 16.6 Å². The van der Waals surface area contributed by atoms with E-state index in [4.69, 9.17) is 17.3 Å². The maximum absolute atomic E-state index is 11.2. The molecule has 0 saturated heterocycles. The second-order valence-electron chi connectivity index (χ2n) is 4.22. The van der Waals surface area contributed by atoms with Gasteiger partial charge in [0.2, 0.25) is 10.0 Å². The fourth-order valence-electron chi connectivity index (χ4n) is 1.58. The van der Waals surface area contributed by atoms with Crippen LogP contribution in [0.25, 0.3) is 0 Å². The largest absolute Gasteiger partial charge is 0.398 e. The molecule has 0 radical (unpaired) electrons. The first kappa shape index (κ1) is 15.0. The van der Waals surface area contributed by atoms with Crippen molar-refractivity contribution in [1.82, 2.24) is 0 Å². The van der Waals surface area contributed by atoms with Crippen LogP contribution in [0.1, 0.15) is 4.88 Å². The van der Waals surface area contributed by atoms with E-state index in [9.17, 15) is 8.42 Å². The summed E-state index contributed by atoms with van der Waals surface area (Å²) in [7, 11) is -3.34. The van der Waals surface area contributed by atoms with Gasteiger partial charge in [0.25, 0.3) is 0 Å². The van der Waals surface area contributed by atoms with E-state index in [-0.39, 0.29) is 0 Å². The number of nitrogen functional groups attached to an aromatic ring is 1. The second kappa shape index (κ2) is 5.90. The molecule has 1 aromatic carbocycles. The van der Waals surface area contributed by atoms with E-state index in [0.717, 1.165) is 22.5 Å². The van der Waals surface area contributed by atoms with Crippen LogP contribution in [0.15, 0.2) is 29.6 Å². The van der Waals surface area contributed by atoms with Gasteiger partial charge in [0, 0.05) is 16.3 Å². The third-order valence-electron chi connectivity index (χ3n) is 2.50. The van der Waals surface area contributed by atoms with Crippen molar-refractivity contribution in [2.45, 2.75) is 6.54 Å². The van der Waals surface area contributed by atoms with E-state index in [1.165, 1.54) is 0 Å². The van der Waals surface area contributed by atoms with Crippen molar-refractivity contribution in [1.29, 1.82) is 0 Å². The van der Waals surface area contributed by atoms with Gasteiger partial charge in [-0.3, -0.25) is 4.72 Å². The Morgan fingerprint density at radius 1 is 1.35 bits per heavy atom. The highest BCUT2D eigenvalue weighted by Gasteiger charge is 2.07. The quantitative estimate of drug-likeness (QED) is 0.786. The molecule has 0 saturated carbocycles. The molecule has 2 aromatic rings. The number of hydrogen-bond acceptors (Lipinski definition) is 5. The number of nitrogens with one attached hydrogen (secondary N) is 2. The van der Waals surface area contributed by atoms with Crippen LogP contribution in [0.4, 0.5) is 17.1 Å². The van der Waals surface area contributed by atoms with Gasteiger partial charge in [-0.15, -0.1) is 11.3 Å². The van der Waals surface area contributed by atoms with Crippen molar-refractivity contribution in [3.63, 3.8) is 0 Å². The molecule has 0 fully saturated rings. The van der Waals surface area contributed by atoms with E-state index >= 15 is 0 Å². The molecule has 4 N–H and O–H groups in total. The zero-order chi connectivity index (χ0) is 14.8. The number of rotatable bonds is 5. The molecular formula is C12H14ClN3O2S2. The minimum absolute atomic E-state index is 0.333. The summed E-state index contributed by atoms with van der Waals surface area (Å²) in [6.07, 6.45) is 1.08. The number of thiophene rings is 1. The zero-order valence-corrected chi connectivity index (χ0v) is 13.1. The van der Waals surface area contributed by atoms with E-state index < -0.39 is 10.0 Å². The van der Waals surface area contributed by atoms with Gasteiger partial charge in [-0.1, -0.05) is 11.6 Å². The Balaban J connectivity index is 2.07. The van der Waals surface area contributed by atoms with Crippen molar-refractivity contribution in [2.75, 3.05) is 22.0 Å². The van der Waals surface area contributed by atoms with E-state index in [0.29, 0.717) is 17.3 Å². The Hall–Kier alpha value is -1.44. The van der Waals surface area contributed by atoms with Crippen molar-refractivity contribution in [3.8, 4) is 0 Å². The van der Waals surface area contributed by atoms with E-state index in [1.54, 1.807) is 29.5 Å². The Bertz CT molecular complexity index is 713. The van der Waals surface area contributed by atoms with Crippen molar-refractivity contribution >= 4 is 50.0 Å². The molecule has 1 heterocycles. The Kier molecular flexibility index (Phi) is 4.42. The number of sulfonamides is 1. The maximum Gasteiger partial charge on any atom is 0.229 e. The summed E-state index contributed by atoms with van der Waals surface area (Å²) in [6.45, 7) is 0.596. The monoisotopic (exact) mass is 331 g/mol. The van der Waals surface area contributed by atoms with Crippen molar-refractivity contribution < 1.29 is 8.42 Å². The zero-order valence-electron chi connectivity index (χ0n) is 10.7. The Morgan fingerprint density at radius 2 is 2.10 bits per heavy atom. The first-order chi connectivity index (χ1) is 9.35. The van der Waals surface area contributed by atoms with Crippen molar-refractivity contribution in [2.24, 2.45) is 0 Å². The molecule has 0 aliphatic heterocycles. The molecule has 2 rings (SSSR count). The minimum Gasteiger partial charge on any atom is -0.398 e. The van der Waals surface area contributed by atoms with Gasteiger partial charge >= 0.3 is 0 Å². The highest BCUT2D eigenvalue weighted by atomic mass is 35.5. The summed E-state index contributed by atoms with van der Waals surface area (Å²) < 4.78 is 24.7. The van der Waals surface area contributed by atoms with Gasteiger partial charge in [0.05, 0.1) is 23.5 Å². The van der Waals surface area contributed by atoms with Gasteiger partial charge in [-0.2, -0.15) is 0 Å². The molecule has 0 spiro atoms. The lowest BCUT2D eigenvalue weighted by molar-refractivity contribution is 0.607. The highest BCUT2D eigenvalue weighted by Crippen LogP contribution is 2.27. The molecule has 0 bridgehead atoms. The van der Waals surface area contributed by atoms with Crippen LogP contribution in [0.3, 0.4) is 0 Å². The molecule has 5 nitrogen and oxygen atoms in total. The van der Waals surface area contributed by atoms with Crippen LogP contribution in [0.5, 0.6) is 0 Å². The van der Waals surface area contributed by atoms with Crippen molar-refractivity contribution in [3.05, 3.63) is 39.5 Å². The minimum atomic E-state index is -3.34. The molecule has 0 atom stereocenters. The summed E-state index contributed by atoms with van der Waals surface area (Å²) in [6, 6.07) is 6.89. The average molecular weight is 332 g/mol.